The van der Waals surface area contributed by atoms with Gasteiger partial charge in [-0.2, -0.15) is 0 Å². The van der Waals surface area contributed by atoms with Crippen LogP contribution in [0.2, 0.25) is 0 Å². The Balaban J connectivity index is 1.79. The molecule has 2 aliphatic rings. The summed E-state index contributed by atoms with van der Waals surface area (Å²) in [6, 6.07) is 12.1. The first kappa shape index (κ1) is 13.3. The Morgan fingerprint density at radius 1 is 1.27 bits per heavy atom. The first-order valence-electron chi connectivity index (χ1n) is 7.63. The van der Waals surface area contributed by atoms with Crippen molar-refractivity contribution < 1.29 is 9.53 Å². The lowest BCUT2D eigenvalue weighted by Gasteiger charge is -2.23. The van der Waals surface area contributed by atoms with Crippen molar-refractivity contribution in [3.05, 3.63) is 59.4 Å². The number of amides is 1. The molecule has 2 aromatic rings. The average molecular weight is 294 g/mol. The molecule has 1 aromatic heterocycles. The van der Waals surface area contributed by atoms with Crippen molar-refractivity contribution in [2.24, 2.45) is 11.7 Å². The number of primary amides is 1. The molecular formula is C18H18N2O2. The van der Waals surface area contributed by atoms with Crippen LogP contribution in [0.25, 0.3) is 0 Å². The van der Waals surface area contributed by atoms with Crippen molar-refractivity contribution in [3.63, 3.8) is 0 Å². The van der Waals surface area contributed by atoms with Gasteiger partial charge in [0.1, 0.15) is 11.9 Å². The fraction of sp³-hybridized carbons (Fsp3) is 0.333. The van der Waals surface area contributed by atoms with E-state index in [4.69, 9.17) is 10.5 Å². The van der Waals surface area contributed by atoms with Gasteiger partial charge >= 0.3 is 0 Å². The van der Waals surface area contributed by atoms with Gasteiger partial charge in [0.15, 0.2) is 0 Å². The van der Waals surface area contributed by atoms with Crippen LogP contribution in [-0.2, 0) is 4.79 Å². The molecule has 2 heterocycles. The minimum Gasteiger partial charge on any atom is -0.487 e. The van der Waals surface area contributed by atoms with E-state index in [1.54, 1.807) is 0 Å². The van der Waals surface area contributed by atoms with Crippen molar-refractivity contribution >= 4 is 5.91 Å². The van der Waals surface area contributed by atoms with E-state index in [1.165, 1.54) is 5.56 Å². The second-order valence-corrected chi connectivity index (χ2v) is 6.18. The summed E-state index contributed by atoms with van der Waals surface area (Å²) in [5.41, 5.74) is 8.87. The van der Waals surface area contributed by atoms with Gasteiger partial charge in [-0.15, -0.1) is 0 Å². The van der Waals surface area contributed by atoms with Gasteiger partial charge < -0.3 is 10.5 Å². The van der Waals surface area contributed by atoms with E-state index in [2.05, 4.69) is 17.1 Å². The molecule has 22 heavy (non-hydrogen) atoms. The summed E-state index contributed by atoms with van der Waals surface area (Å²) < 4.78 is 6.24. The van der Waals surface area contributed by atoms with Crippen LogP contribution in [0.15, 0.2) is 42.6 Å². The molecule has 4 heteroatoms. The largest absolute Gasteiger partial charge is 0.487 e. The summed E-state index contributed by atoms with van der Waals surface area (Å²) >= 11 is 0. The number of ether oxygens (including phenoxy) is 1. The number of rotatable bonds is 2. The van der Waals surface area contributed by atoms with Crippen LogP contribution in [-0.4, -0.2) is 17.0 Å². The van der Waals surface area contributed by atoms with Gasteiger partial charge in [0.25, 0.3) is 0 Å². The van der Waals surface area contributed by atoms with Gasteiger partial charge in [-0.1, -0.05) is 30.3 Å². The topological polar surface area (TPSA) is 65.2 Å². The van der Waals surface area contributed by atoms with E-state index >= 15 is 0 Å². The molecule has 1 fully saturated rings. The predicted molar refractivity (Wildman–Crippen MR) is 82.6 cm³/mol. The number of carbonyl (C=O) groups excluding carboxylic acids is 1. The third-order valence-corrected chi connectivity index (χ3v) is 5.01. The van der Waals surface area contributed by atoms with Crippen molar-refractivity contribution in [2.45, 2.75) is 31.3 Å². The second-order valence-electron chi connectivity index (χ2n) is 6.18. The van der Waals surface area contributed by atoms with E-state index in [1.807, 2.05) is 37.4 Å². The van der Waals surface area contributed by atoms with E-state index in [-0.39, 0.29) is 29.8 Å². The zero-order chi connectivity index (χ0) is 15.3. The summed E-state index contributed by atoms with van der Waals surface area (Å²) in [5.74, 6) is 0.703. The third kappa shape index (κ3) is 1.83. The number of nitrogens with two attached hydrogens (primary N) is 1. The van der Waals surface area contributed by atoms with Gasteiger partial charge in [0.05, 0.1) is 5.69 Å². The Morgan fingerprint density at radius 2 is 2.05 bits per heavy atom. The maximum Gasteiger partial charge on any atom is 0.221 e. The monoisotopic (exact) mass is 294 g/mol. The van der Waals surface area contributed by atoms with Crippen LogP contribution in [0, 0.1) is 12.8 Å². The van der Waals surface area contributed by atoms with E-state index < -0.39 is 0 Å². The molecule has 4 rings (SSSR count). The van der Waals surface area contributed by atoms with E-state index in [0.29, 0.717) is 0 Å². The summed E-state index contributed by atoms with van der Waals surface area (Å²) in [6.07, 6.45) is 2.53. The van der Waals surface area contributed by atoms with Crippen LogP contribution in [0.3, 0.4) is 0 Å². The molecule has 0 saturated heterocycles. The maximum atomic E-state index is 11.9. The molecule has 1 aliphatic heterocycles. The molecule has 4 nitrogen and oxygen atoms in total. The van der Waals surface area contributed by atoms with E-state index in [0.717, 1.165) is 23.4 Å². The number of carbonyl (C=O) groups is 1. The first-order chi connectivity index (χ1) is 10.7. The minimum absolute atomic E-state index is 0.00972. The number of pyridine rings is 1. The minimum atomic E-state index is -0.237. The van der Waals surface area contributed by atoms with Gasteiger partial charge in [0.2, 0.25) is 5.91 Å². The van der Waals surface area contributed by atoms with Crippen LogP contribution < -0.4 is 10.5 Å². The molecule has 4 atom stereocenters. The molecular weight excluding hydrogens is 276 g/mol. The fourth-order valence-electron chi connectivity index (χ4n) is 4.04. The molecule has 4 unspecified atom stereocenters. The lowest BCUT2D eigenvalue weighted by molar-refractivity contribution is -0.122. The highest BCUT2D eigenvalue weighted by Crippen LogP contribution is 2.55. The quantitative estimate of drug-likeness (QED) is 0.925. The zero-order valence-electron chi connectivity index (χ0n) is 12.4. The lowest BCUT2D eigenvalue weighted by atomic mass is 9.87. The summed E-state index contributed by atoms with van der Waals surface area (Å²) in [7, 11) is 0. The molecule has 2 N–H and O–H groups in total. The fourth-order valence-corrected chi connectivity index (χ4v) is 4.04. The van der Waals surface area contributed by atoms with Crippen LogP contribution in [0.5, 0.6) is 5.75 Å². The predicted octanol–water partition coefficient (Wildman–Crippen LogP) is 2.52. The average Bonchev–Trinajstić information content (AvgIpc) is 3.05. The highest BCUT2D eigenvalue weighted by atomic mass is 16.5. The first-order valence-corrected chi connectivity index (χ1v) is 7.63. The Hall–Kier alpha value is -2.36. The molecule has 1 saturated carbocycles. The molecule has 1 aromatic carbocycles. The van der Waals surface area contributed by atoms with Gasteiger partial charge in [-0.3, -0.25) is 9.78 Å². The SMILES string of the molecule is Cc1nccc2c1OC1C2CC(C(N)=O)C1c1ccccc1. The normalized spacial score (nSPS) is 28.8. The summed E-state index contributed by atoms with van der Waals surface area (Å²) in [5, 5.41) is 0. The van der Waals surface area contributed by atoms with Gasteiger partial charge in [-0.05, 0) is 25.0 Å². The van der Waals surface area contributed by atoms with Crippen molar-refractivity contribution in [1.82, 2.24) is 4.98 Å². The van der Waals surface area contributed by atoms with Crippen molar-refractivity contribution in [2.75, 3.05) is 0 Å². The lowest BCUT2D eigenvalue weighted by Crippen LogP contribution is -2.30. The summed E-state index contributed by atoms with van der Waals surface area (Å²) in [4.78, 5) is 16.3. The Bertz CT molecular complexity index is 729. The highest BCUT2D eigenvalue weighted by Gasteiger charge is 2.52. The smallest absolute Gasteiger partial charge is 0.221 e. The standard InChI is InChI=1S/C18H18N2O2/c1-10-16-12(7-8-20-10)13-9-14(18(19)21)15(17(13)22-16)11-5-3-2-4-6-11/h2-8,13-15,17H,9H2,1H3,(H2,19,21). The molecule has 0 spiro atoms. The number of hydrogen-bond donors (Lipinski definition) is 1. The molecule has 0 bridgehead atoms. The number of benzene rings is 1. The number of aryl methyl sites for hydroxylation is 1. The number of hydrogen-bond acceptors (Lipinski definition) is 3. The summed E-state index contributed by atoms with van der Waals surface area (Å²) in [6.45, 7) is 1.96. The Labute approximate surface area is 129 Å². The molecule has 1 aliphatic carbocycles. The zero-order valence-corrected chi connectivity index (χ0v) is 12.4. The molecule has 1 amide bonds. The molecule has 0 radical (unpaired) electrons. The maximum absolute atomic E-state index is 11.9. The Morgan fingerprint density at radius 3 is 2.77 bits per heavy atom. The highest BCUT2D eigenvalue weighted by molar-refractivity contribution is 5.79. The second kappa shape index (κ2) is 4.83. The van der Waals surface area contributed by atoms with E-state index in [9.17, 15) is 4.79 Å². The number of aromatic nitrogens is 1. The van der Waals surface area contributed by atoms with Crippen LogP contribution in [0.1, 0.15) is 35.1 Å². The molecule has 112 valence electrons. The third-order valence-electron chi connectivity index (χ3n) is 5.01. The van der Waals surface area contributed by atoms with Crippen molar-refractivity contribution in [1.29, 1.82) is 0 Å². The van der Waals surface area contributed by atoms with Crippen molar-refractivity contribution in [3.8, 4) is 5.75 Å². The Kier molecular flexibility index (Phi) is 2.93. The number of nitrogens with zero attached hydrogens (tertiary/aromatic N) is 1. The van der Waals surface area contributed by atoms with Gasteiger partial charge in [0, 0.05) is 29.5 Å². The van der Waals surface area contributed by atoms with Gasteiger partial charge in [-0.25, -0.2) is 0 Å². The number of fused-ring (bicyclic) bond motifs is 3. The van der Waals surface area contributed by atoms with Crippen LogP contribution >= 0.6 is 0 Å². The van der Waals surface area contributed by atoms with Crippen LogP contribution in [0.4, 0.5) is 0 Å².